The second kappa shape index (κ2) is 7.79. The van der Waals surface area contributed by atoms with Crippen LogP contribution in [0.25, 0.3) is 10.8 Å². The Hall–Kier alpha value is -2.88. The van der Waals surface area contributed by atoms with Crippen LogP contribution in [0, 0.1) is 0 Å². The van der Waals surface area contributed by atoms with Crippen molar-refractivity contribution in [2.75, 3.05) is 13.7 Å². The van der Waals surface area contributed by atoms with E-state index in [4.69, 9.17) is 9.47 Å². The number of aromatic nitrogens is 1. The van der Waals surface area contributed by atoms with E-state index in [0.29, 0.717) is 6.61 Å². The molecule has 0 spiro atoms. The molecule has 0 bridgehead atoms. The molecule has 0 saturated heterocycles. The SMILES string of the molecule is CCOC(=O)C[n+]1ccc2ccccc2c1Cc1ccc(OC)cc1. The number of fused-ring (bicyclic) bond motifs is 1. The standard InChI is InChI=1S/C21H22NO3/c1-3-25-21(23)15-22-13-12-17-6-4-5-7-19(17)20(22)14-16-8-10-18(24-2)11-9-16/h4-13H,3,14-15H2,1-2H3/q+1. The number of nitrogens with zero attached hydrogens (tertiary/aromatic N) is 1. The van der Waals surface area contributed by atoms with E-state index >= 15 is 0 Å². The molecule has 0 aliphatic heterocycles. The fourth-order valence-corrected chi connectivity index (χ4v) is 2.95. The van der Waals surface area contributed by atoms with E-state index in [1.807, 2.05) is 48.0 Å². The first-order valence-corrected chi connectivity index (χ1v) is 8.40. The molecule has 4 heteroatoms. The van der Waals surface area contributed by atoms with E-state index in [0.717, 1.165) is 34.2 Å². The highest BCUT2D eigenvalue weighted by atomic mass is 16.5. The molecule has 0 amide bonds. The molecule has 0 radical (unpaired) electrons. The maximum absolute atomic E-state index is 12.0. The summed E-state index contributed by atoms with van der Waals surface area (Å²) in [5.41, 5.74) is 2.26. The number of hydrogen-bond donors (Lipinski definition) is 0. The Morgan fingerprint density at radius 1 is 1.04 bits per heavy atom. The van der Waals surface area contributed by atoms with E-state index in [1.165, 1.54) is 0 Å². The van der Waals surface area contributed by atoms with Crippen molar-refractivity contribution < 1.29 is 18.8 Å². The Labute approximate surface area is 147 Å². The molecule has 128 valence electrons. The number of hydrogen-bond acceptors (Lipinski definition) is 3. The fourth-order valence-electron chi connectivity index (χ4n) is 2.95. The second-order valence-corrected chi connectivity index (χ2v) is 5.81. The van der Waals surface area contributed by atoms with Crippen LogP contribution in [0.5, 0.6) is 5.75 Å². The minimum absolute atomic E-state index is 0.212. The van der Waals surface area contributed by atoms with Gasteiger partial charge in [0.2, 0.25) is 6.54 Å². The summed E-state index contributed by atoms with van der Waals surface area (Å²) in [5.74, 6) is 0.611. The molecular formula is C21H22NO3+. The monoisotopic (exact) mass is 336 g/mol. The van der Waals surface area contributed by atoms with Gasteiger partial charge in [-0.1, -0.05) is 30.3 Å². The maximum Gasteiger partial charge on any atom is 0.372 e. The number of benzene rings is 2. The van der Waals surface area contributed by atoms with Gasteiger partial charge in [0, 0.05) is 11.5 Å². The summed E-state index contributed by atoms with van der Waals surface area (Å²) in [6.07, 6.45) is 2.68. The molecule has 3 aromatic rings. The van der Waals surface area contributed by atoms with Crippen LogP contribution in [0.1, 0.15) is 18.2 Å². The lowest BCUT2D eigenvalue weighted by Gasteiger charge is -2.08. The zero-order valence-corrected chi connectivity index (χ0v) is 14.6. The number of ether oxygens (including phenoxy) is 2. The number of rotatable bonds is 6. The van der Waals surface area contributed by atoms with Gasteiger partial charge < -0.3 is 9.47 Å². The van der Waals surface area contributed by atoms with Crippen molar-refractivity contribution >= 4 is 16.7 Å². The molecule has 25 heavy (non-hydrogen) atoms. The van der Waals surface area contributed by atoms with E-state index in [1.54, 1.807) is 7.11 Å². The van der Waals surface area contributed by atoms with E-state index < -0.39 is 0 Å². The smallest absolute Gasteiger partial charge is 0.372 e. The van der Waals surface area contributed by atoms with Crippen LogP contribution in [0.3, 0.4) is 0 Å². The van der Waals surface area contributed by atoms with Crippen molar-refractivity contribution in [1.29, 1.82) is 0 Å². The Bertz CT molecular complexity index is 872. The quantitative estimate of drug-likeness (QED) is 0.512. The number of carbonyl (C=O) groups is 1. The van der Waals surface area contributed by atoms with E-state index in [2.05, 4.69) is 24.3 Å². The number of esters is 1. The van der Waals surface area contributed by atoms with Crippen molar-refractivity contribution in [3.05, 3.63) is 72.1 Å². The van der Waals surface area contributed by atoms with Crippen LogP contribution in [0.4, 0.5) is 0 Å². The first-order chi connectivity index (χ1) is 12.2. The Morgan fingerprint density at radius 2 is 1.80 bits per heavy atom. The van der Waals surface area contributed by atoms with Crippen molar-refractivity contribution in [2.45, 2.75) is 19.9 Å². The van der Waals surface area contributed by atoms with Crippen LogP contribution in [-0.4, -0.2) is 19.7 Å². The normalized spacial score (nSPS) is 10.6. The molecule has 1 heterocycles. The Balaban J connectivity index is 2.00. The molecular weight excluding hydrogens is 314 g/mol. The number of carbonyl (C=O) groups excluding carboxylic acids is 1. The van der Waals surface area contributed by atoms with Crippen LogP contribution in [-0.2, 0) is 22.5 Å². The zero-order valence-electron chi connectivity index (χ0n) is 14.6. The van der Waals surface area contributed by atoms with Crippen LogP contribution >= 0.6 is 0 Å². The summed E-state index contributed by atoms with van der Waals surface area (Å²) in [5, 5.41) is 2.30. The predicted molar refractivity (Wildman–Crippen MR) is 96.6 cm³/mol. The summed E-state index contributed by atoms with van der Waals surface area (Å²) in [6.45, 7) is 2.42. The first-order valence-electron chi connectivity index (χ1n) is 8.40. The highest BCUT2D eigenvalue weighted by molar-refractivity contribution is 5.83. The molecule has 3 rings (SSSR count). The largest absolute Gasteiger partial charge is 0.497 e. The van der Waals surface area contributed by atoms with E-state index in [9.17, 15) is 4.79 Å². The molecule has 0 aliphatic carbocycles. The fraction of sp³-hybridized carbons (Fsp3) is 0.238. The van der Waals surface area contributed by atoms with Crippen molar-refractivity contribution in [3.8, 4) is 5.75 Å². The summed E-state index contributed by atoms with van der Waals surface area (Å²) >= 11 is 0. The summed E-state index contributed by atoms with van der Waals surface area (Å²) in [7, 11) is 1.66. The highest BCUT2D eigenvalue weighted by Crippen LogP contribution is 2.20. The van der Waals surface area contributed by atoms with Gasteiger partial charge in [-0.3, -0.25) is 0 Å². The lowest BCUT2D eigenvalue weighted by molar-refractivity contribution is -0.691. The minimum Gasteiger partial charge on any atom is -0.497 e. The van der Waals surface area contributed by atoms with Crippen LogP contribution < -0.4 is 9.30 Å². The van der Waals surface area contributed by atoms with Gasteiger partial charge in [-0.2, -0.15) is 4.57 Å². The lowest BCUT2D eigenvalue weighted by atomic mass is 10.0. The summed E-state index contributed by atoms with van der Waals surface area (Å²) < 4.78 is 12.3. The van der Waals surface area contributed by atoms with Crippen molar-refractivity contribution in [1.82, 2.24) is 0 Å². The van der Waals surface area contributed by atoms with Crippen LogP contribution in [0.15, 0.2) is 60.8 Å². The Kier molecular flexibility index (Phi) is 5.29. The third-order valence-corrected chi connectivity index (χ3v) is 4.19. The third-order valence-electron chi connectivity index (χ3n) is 4.19. The first kappa shape index (κ1) is 17.0. The molecule has 1 aromatic heterocycles. The molecule has 0 aliphatic rings. The summed E-state index contributed by atoms with van der Waals surface area (Å²) in [6, 6.07) is 18.3. The van der Waals surface area contributed by atoms with Crippen molar-refractivity contribution in [2.24, 2.45) is 0 Å². The highest BCUT2D eigenvalue weighted by Gasteiger charge is 2.19. The average molecular weight is 336 g/mol. The van der Waals surface area contributed by atoms with Gasteiger partial charge in [0.15, 0.2) is 11.9 Å². The van der Waals surface area contributed by atoms with Gasteiger partial charge >= 0.3 is 5.97 Å². The zero-order chi connectivity index (χ0) is 17.6. The van der Waals surface area contributed by atoms with Gasteiger partial charge in [-0.25, -0.2) is 4.79 Å². The summed E-state index contributed by atoms with van der Waals surface area (Å²) in [4.78, 5) is 12.0. The van der Waals surface area contributed by atoms with Gasteiger partial charge in [0.05, 0.1) is 20.1 Å². The topological polar surface area (TPSA) is 39.4 Å². The second-order valence-electron chi connectivity index (χ2n) is 5.81. The molecule has 0 fully saturated rings. The van der Waals surface area contributed by atoms with Crippen LogP contribution in [0.2, 0.25) is 0 Å². The predicted octanol–water partition coefficient (Wildman–Crippen LogP) is 3.29. The molecule has 4 nitrogen and oxygen atoms in total. The van der Waals surface area contributed by atoms with Gasteiger partial charge in [-0.05, 0) is 36.1 Å². The van der Waals surface area contributed by atoms with Gasteiger partial charge in [0.1, 0.15) is 5.75 Å². The minimum atomic E-state index is -0.223. The molecule has 0 unspecified atom stereocenters. The van der Waals surface area contributed by atoms with Gasteiger partial charge in [-0.15, -0.1) is 0 Å². The molecule has 2 aromatic carbocycles. The third kappa shape index (κ3) is 3.97. The number of pyridine rings is 1. The van der Waals surface area contributed by atoms with E-state index in [-0.39, 0.29) is 12.5 Å². The molecule has 0 atom stereocenters. The lowest BCUT2D eigenvalue weighted by Crippen LogP contribution is -2.42. The maximum atomic E-state index is 12.0. The number of methoxy groups -OCH3 is 1. The van der Waals surface area contributed by atoms with Crippen molar-refractivity contribution in [3.63, 3.8) is 0 Å². The average Bonchev–Trinajstić information content (AvgIpc) is 2.64. The Morgan fingerprint density at radius 3 is 2.52 bits per heavy atom. The molecule has 0 saturated carbocycles. The van der Waals surface area contributed by atoms with Gasteiger partial charge in [0.25, 0.3) is 0 Å². The molecule has 0 N–H and O–H groups in total.